The van der Waals surface area contributed by atoms with Crippen LogP contribution < -0.4 is 0 Å². The minimum atomic E-state index is 0.148. The molecule has 1 radical (unpaired) electrons. The lowest BCUT2D eigenvalue weighted by Crippen LogP contribution is -2.25. The summed E-state index contributed by atoms with van der Waals surface area (Å²) in [5.74, 6) is 0.148. The molecular formula is C10H17O. The summed E-state index contributed by atoms with van der Waals surface area (Å²) in [5.41, 5.74) is 0.321. The van der Waals surface area contributed by atoms with Gasteiger partial charge in [0.05, 0.1) is 0 Å². The van der Waals surface area contributed by atoms with Crippen molar-refractivity contribution in [2.45, 2.75) is 46.0 Å². The highest BCUT2D eigenvalue weighted by molar-refractivity contribution is 5.55. The first-order valence-corrected chi connectivity index (χ1v) is 4.63. The normalized spacial score (nSPS) is 24.9. The summed E-state index contributed by atoms with van der Waals surface area (Å²) < 4.78 is 0. The maximum absolute atomic E-state index is 10.5. The first-order chi connectivity index (χ1) is 5.25. The maximum atomic E-state index is 10.5. The molecule has 0 heterocycles. The fourth-order valence-corrected chi connectivity index (χ4v) is 2.30. The first-order valence-electron chi connectivity index (χ1n) is 4.63. The zero-order valence-electron chi connectivity index (χ0n) is 7.52. The van der Waals surface area contributed by atoms with E-state index in [1.54, 1.807) is 0 Å². The van der Waals surface area contributed by atoms with Gasteiger partial charge in [0.1, 0.15) is 0 Å². The van der Waals surface area contributed by atoms with Gasteiger partial charge in [0.2, 0.25) is 6.29 Å². The van der Waals surface area contributed by atoms with Gasteiger partial charge in [-0.25, -0.2) is 0 Å². The molecule has 1 aliphatic rings. The van der Waals surface area contributed by atoms with Crippen LogP contribution in [0.25, 0.3) is 0 Å². The minimum absolute atomic E-state index is 0.148. The van der Waals surface area contributed by atoms with Crippen molar-refractivity contribution in [2.75, 3.05) is 0 Å². The maximum Gasteiger partial charge on any atom is 0.202 e. The molecule has 63 valence electrons. The van der Waals surface area contributed by atoms with E-state index in [1.165, 1.54) is 25.7 Å². The van der Waals surface area contributed by atoms with Crippen LogP contribution in [0.15, 0.2) is 0 Å². The van der Waals surface area contributed by atoms with Crippen LogP contribution in [0.1, 0.15) is 46.0 Å². The van der Waals surface area contributed by atoms with Gasteiger partial charge >= 0.3 is 0 Å². The van der Waals surface area contributed by atoms with E-state index in [1.807, 2.05) is 6.92 Å². The molecule has 0 amide bonds. The molecule has 0 aromatic carbocycles. The summed E-state index contributed by atoms with van der Waals surface area (Å²) >= 11 is 0. The summed E-state index contributed by atoms with van der Waals surface area (Å²) in [6, 6.07) is 0. The summed E-state index contributed by atoms with van der Waals surface area (Å²) in [5, 5.41) is 0. The van der Waals surface area contributed by atoms with Crippen LogP contribution in [0.5, 0.6) is 0 Å². The summed E-state index contributed by atoms with van der Waals surface area (Å²) in [6.45, 7) is 4.21. The standard InChI is InChI=1S/C10H17O/c1-3-10(9(2)8-11)6-4-5-7-10/h9H,3-7H2,1-2H3. The first kappa shape index (κ1) is 8.76. The lowest BCUT2D eigenvalue weighted by atomic mass is 9.73. The van der Waals surface area contributed by atoms with Gasteiger partial charge in [-0.1, -0.05) is 26.7 Å². The quantitative estimate of drug-likeness (QED) is 0.609. The van der Waals surface area contributed by atoms with E-state index >= 15 is 0 Å². The topological polar surface area (TPSA) is 17.1 Å². The Balaban J connectivity index is 2.65. The van der Waals surface area contributed by atoms with E-state index in [0.29, 0.717) is 5.41 Å². The van der Waals surface area contributed by atoms with Crippen molar-refractivity contribution in [3.63, 3.8) is 0 Å². The Hall–Kier alpha value is -0.330. The van der Waals surface area contributed by atoms with Gasteiger partial charge < -0.3 is 0 Å². The Morgan fingerprint density at radius 2 is 2.00 bits per heavy atom. The number of hydrogen-bond donors (Lipinski definition) is 0. The predicted octanol–water partition coefficient (Wildman–Crippen LogP) is 2.70. The Morgan fingerprint density at radius 3 is 2.36 bits per heavy atom. The highest BCUT2D eigenvalue weighted by Crippen LogP contribution is 2.46. The molecule has 1 saturated carbocycles. The molecule has 0 aromatic rings. The minimum Gasteiger partial charge on any atom is -0.291 e. The molecule has 0 aliphatic heterocycles. The SMILES string of the molecule is CCC1(C(C)[C]=O)CCCC1. The molecule has 1 rings (SSSR count). The molecule has 11 heavy (non-hydrogen) atoms. The number of hydrogen-bond acceptors (Lipinski definition) is 1. The molecule has 0 spiro atoms. The van der Waals surface area contributed by atoms with Gasteiger partial charge in [-0.2, -0.15) is 0 Å². The van der Waals surface area contributed by atoms with Crippen molar-refractivity contribution in [1.82, 2.24) is 0 Å². The van der Waals surface area contributed by atoms with Gasteiger partial charge in [0, 0.05) is 5.92 Å². The lowest BCUT2D eigenvalue weighted by Gasteiger charge is -2.30. The molecule has 1 aliphatic carbocycles. The second-order valence-corrected chi connectivity index (χ2v) is 3.76. The molecule has 1 atom stereocenters. The fraction of sp³-hybridized carbons (Fsp3) is 0.900. The van der Waals surface area contributed by atoms with Gasteiger partial charge in [-0.3, -0.25) is 4.79 Å². The molecule has 0 aromatic heterocycles. The molecular weight excluding hydrogens is 136 g/mol. The second-order valence-electron chi connectivity index (χ2n) is 3.76. The highest BCUT2D eigenvalue weighted by Gasteiger charge is 2.37. The Kier molecular flexibility index (Phi) is 2.69. The van der Waals surface area contributed by atoms with E-state index < -0.39 is 0 Å². The zero-order chi connectivity index (χ0) is 8.32. The average Bonchev–Trinajstić information content (AvgIpc) is 2.52. The molecule has 1 nitrogen and oxygen atoms in total. The largest absolute Gasteiger partial charge is 0.291 e. The van der Waals surface area contributed by atoms with Gasteiger partial charge in [-0.15, -0.1) is 0 Å². The van der Waals surface area contributed by atoms with Gasteiger partial charge in [0.25, 0.3) is 0 Å². The Labute approximate surface area is 69.2 Å². The highest BCUT2D eigenvalue weighted by atomic mass is 16.1. The molecule has 1 fully saturated rings. The third kappa shape index (κ3) is 1.47. The number of rotatable bonds is 3. The van der Waals surface area contributed by atoms with Gasteiger partial charge in [-0.05, 0) is 24.7 Å². The van der Waals surface area contributed by atoms with Crippen molar-refractivity contribution < 1.29 is 4.79 Å². The van der Waals surface area contributed by atoms with Crippen molar-refractivity contribution in [2.24, 2.45) is 11.3 Å². The van der Waals surface area contributed by atoms with Crippen molar-refractivity contribution in [1.29, 1.82) is 0 Å². The van der Waals surface area contributed by atoms with E-state index in [2.05, 4.69) is 13.2 Å². The zero-order valence-corrected chi connectivity index (χ0v) is 7.52. The molecule has 0 N–H and O–H groups in total. The Morgan fingerprint density at radius 1 is 1.45 bits per heavy atom. The molecule has 1 unspecified atom stereocenters. The van der Waals surface area contributed by atoms with E-state index in [4.69, 9.17) is 0 Å². The predicted molar refractivity (Wildman–Crippen MR) is 46.0 cm³/mol. The summed E-state index contributed by atoms with van der Waals surface area (Å²) in [6.07, 6.45) is 8.37. The smallest absolute Gasteiger partial charge is 0.202 e. The van der Waals surface area contributed by atoms with E-state index in [-0.39, 0.29) is 5.92 Å². The lowest BCUT2D eigenvalue weighted by molar-refractivity contribution is 0.220. The van der Waals surface area contributed by atoms with Crippen LogP contribution in [-0.2, 0) is 4.79 Å². The average molecular weight is 153 g/mol. The molecule has 0 saturated heterocycles. The third-order valence-electron chi connectivity index (χ3n) is 3.40. The van der Waals surface area contributed by atoms with Crippen LogP contribution in [0.3, 0.4) is 0 Å². The third-order valence-corrected chi connectivity index (χ3v) is 3.40. The molecule has 0 bridgehead atoms. The van der Waals surface area contributed by atoms with Crippen molar-refractivity contribution in [3.05, 3.63) is 0 Å². The van der Waals surface area contributed by atoms with Crippen LogP contribution in [0, 0.1) is 11.3 Å². The van der Waals surface area contributed by atoms with Gasteiger partial charge in [0.15, 0.2) is 0 Å². The van der Waals surface area contributed by atoms with Crippen LogP contribution >= 0.6 is 0 Å². The Bertz CT molecular complexity index is 134. The second kappa shape index (κ2) is 3.38. The summed E-state index contributed by atoms with van der Waals surface area (Å²) in [4.78, 5) is 10.5. The van der Waals surface area contributed by atoms with Crippen molar-refractivity contribution >= 4 is 6.29 Å². The van der Waals surface area contributed by atoms with Crippen molar-refractivity contribution in [3.8, 4) is 0 Å². The van der Waals surface area contributed by atoms with Crippen LogP contribution in [0.2, 0.25) is 0 Å². The number of carbonyl (C=O) groups excluding carboxylic acids is 1. The monoisotopic (exact) mass is 153 g/mol. The van der Waals surface area contributed by atoms with Crippen LogP contribution in [0.4, 0.5) is 0 Å². The van der Waals surface area contributed by atoms with Crippen LogP contribution in [-0.4, -0.2) is 6.29 Å². The molecule has 1 heteroatoms. The summed E-state index contributed by atoms with van der Waals surface area (Å²) in [7, 11) is 0. The fourth-order valence-electron chi connectivity index (χ4n) is 2.30. The van der Waals surface area contributed by atoms with E-state index in [0.717, 1.165) is 6.42 Å². The van der Waals surface area contributed by atoms with E-state index in [9.17, 15) is 4.79 Å².